The second-order valence-electron chi connectivity index (χ2n) is 4.61. The van der Waals surface area contributed by atoms with E-state index in [2.05, 4.69) is 44.4 Å². The molecule has 3 heterocycles. The van der Waals surface area contributed by atoms with Crippen LogP contribution >= 0.6 is 11.3 Å². The molecule has 0 saturated heterocycles. The van der Waals surface area contributed by atoms with Gasteiger partial charge in [-0.25, -0.2) is 4.98 Å². The summed E-state index contributed by atoms with van der Waals surface area (Å²) in [5.41, 5.74) is 3.48. The summed E-state index contributed by atoms with van der Waals surface area (Å²) < 4.78 is 4.00. The van der Waals surface area contributed by atoms with Gasteiger partial charge < -0.3 is 5.32 Å². The van der Waals surface area contributed by atoms with Crippen molar-refractivity contribution in [2.75, 3.05) is 6.54 Å². The van der Waals surface area contributed by atoms with Gasteiger partial charge in [0, 0.05) is 44.3 Å². The molecule has 0 aromatic carbocycles. The molecule has 0 radical (unpaired) electrons. The van der Waals surface area contributed by atoms with Gasteiger partial charge in [0.1, 0.15) is 0 Å². The summed E-state index contributed by atoms with van der Waals surface area (Å²) in [5, 5.41) is 9.90. The topological polar surface area (TPSA) is 47.1 Å². The minimum Gasteiger partial charge on any atom is -0.311 e. The van der Waals surface area contributed by atoms with Crippen LogP contribution in [-0.4, -0.2) is 25.7 Å². The molecule has 0 amide bonds. The number of nitrogens with zero attached hydrogens (tertiary/aromatic N) is 4. The maximum Gasteiger partial charge on any atom is 0.194 e. The number of fused-ring (bicyclic) bond motifs is 1. The fourth-order valence-corrected chi connectivity index (χ4v) is 2.95. The molecular weight excluding hydrogens is 258 g/mol. The minimum atomic E-state index is 0.844. The standard InChI is InChI=1S/C13H17N5S/c1-10-12(18-7-8-19-13(18)15-10)9-14-5-3-11-4-6-17(2)16-11/h4,6-8,14H,3,5,9H2,1-2H3. The maximum absolute atomic E-state index is 4.54. The van der Waals surface area contributed by atoms with Crippen LogP contribution in [0.2, 0.25) is 0 Å². The number of thiazole rings is 1. The second kappa shape index (κ2) is 5.14. The van der Waals surface area contributed by atoms with Crippen molar-refractivity contribution in [2.45, 2.75) is 19.9 Å². The monoisotopic (exact) mass is 275 g/mol. The van der Waals surface area contributed by atoms with Gasteiger partial charge in [-0.2, -0.15) is 5.10 Å². The van der Waals surface area contributed by atoms with E-state index in [0.717, 1.165) is 35.9 Å². The normalized spacial score (nSPS) is 11.5. The number of hydrogen-bond donors (Lipinski definition) is 1. The first kappa shape index (κ1) is 12.4. The summed E-state index contributed by atoms with van der Waals surface area (Å²) in [6.45, 7) is 3.83. The van der Waals surface area contributed by atoms with Crippen molar-refractivity contribution >= 4 is 16.3 Å². The summed E-state index contributed by atoms with van der Waals surface area (Å²) in [6.07, 6.45) is 5.01. The van der Waals surface area contributed by atoms with E-state index in [1.807, 2.05) is 17.9 Å². The van der Waals surface area contributed by atoms with Gasteiger partial charge >= 0.3 is 0 Å². The smallest absolute Gasteiger partial charge is 0.194 e. The molecule has 3 aromatic rings. The molecule has 0 saturated carbocycles. The third-order valence-corrected chi connectivity index (χ3v) is 3.94. The highest BCUT2D eigenvalue weighted by molar-refractivity contribution is 7.15. The first-order valence-electron chi connectivity index (χ1n) is 6.34. The minimum absolute atomic E-state index is 0.844. The fourth-order valence-electron chi connectivity index (χ4n) is 2.17. The number of hydrogen-bond acceptors (Lipinski definition) is 4. The lowest BCUT2D eigenvalue weighted by Gasteiger charge is -2.04. The van der Waals surface area contributed by atoms with E-state index < -0.39 is 0 Å². The van der Waals surface area contributed by atoms with E-state index in [1.165, 1.54) is 5.69 Å². The highest BCUT2D eigenvalue weighted by atomic mass is 32.1. The molecule has 5 nitrogen and oxygen atoms in total. The van der Waals surface area contributed by atoms with Crippen LogP contribution < -0.4 is 5.32 Å². The molecule has 0 aliphatic carbocycles. The number of aryl methyl sites for hydroxylation is 2. The van der Waals surface area contributed by atoms with Gasteiger partial charge in [0.15, 0.2) is 4.96 Å². The Bertz CT molecular complexity index is 678. The molecule has 0 fully saturated rings. The van der Waals surface area contributed by atoms with Gasteiger partial charge in [-0.15, -0.1) is 11.3 Å². The zero-order valence-corrected chi connectivity index (χ0v) is 11.9. The highest BCUT2D eigenvalue weighted by Crippen LogP contribution is 2.16. The van der Waals surface area contributed by atoms with E-state index >= 15 is 0 Å². The summed E-state index contributed by atoms with van der Waals surface area (Å²) in [5.74, 6) is 0. The van der Waals surface area contributed by atoms with Crippen molar-refractivity contribution in [1.29, 1.82) is 0 Å². The number of rotatable bonds is 5. The third kappa shape index (κ3) is 2.54. The number of nitrogens with one attached hydrogen (secondary N) is 1. The first-order chi connectivity index (χ1) is 9.24. The van der Waals surface area contributed by atoms with Crippen molar-refractivity contribution in [1.82, 2.24) is 24.5 Å². The van der Waals surface area contributed by atoms with Crippen LogP contribution in [0.5, 0.6) is 0 Å². The Morgan fingerprint density at radius 2 is 2.26 bits per heavy atom. The van der Waals surface area contributed by atoms with E-state index in [4.69, 9.17) is 0 Å². The molecule has 0 bridgehead atoms. The molecule has 100 valence electrons. The molecule has 19 heavy (non-hydrogen) atoms. The van der Waals surface area contributed by atoms with Crippen LogP contribution in [0.3, 0.4) is 0 Å². The predicted molar refractivity (Wildman–Crippen MR) is 76.4 cm³/mol. The lowest BCUT2D eigenvalue weighted by atomic mass is 10.3. The number of aromatic nitrogens is 4. The molecule has 0 atom stereocenters. The van der Waals surface area contributed by atoms with Gasteiger partial charge in [0.05, 0.1) is 17.1 Å². The van der Waals surface area contributed by atoms with Crippen LogP contribution in [-0.2, 0) is 20.0 Å². The predicted octanol–water partition coefficient (Wildman–Crippen LogP) is 1.77. The molecule has 3 aromatic heterocycles. The fraction of sp³-hybridized carbons (Fsp3) is 0.385. The van der Waals surface area contributed by atoms with Gasteiger partial charge in [-0.3, -0.25) is 9.08 Å². The summed E-state index contributed by atoms with van der Waals surface area (Å²) in [4.78, 5) is 5.61. The molecule has 0 aliphatic rings. The van der Waals surface area contributed by atoms with Crippen molar-refractivity contribution in [3.63, 3.8) is 0 Å². The van der Waals surface area contributed by atoms with Crippen molar-refractivity contribution in [3.05, 3.63) is 40.9 Å². The second-order valence-corrected chi connectivity index (χ2v) is 5.48. The van der Waals surface area contributed by atoms with Crippen LogP contribution in [0.15, 0.2) is 23.8 Å². The van der Waals surface area contributed by atoms with Crippen molar-refractivity contribution < 1.29 is 0 Å². The maximum atomic E-state index is 4.54. The molecule has 0 unspecified atom stereocenters. The van der Waals surface area contributed by atoms with E-state index in [-0.39, 0.29) is 0 Å². The first-order valence-corrected chi connectivity index (χ1v) is 7.22. The summed E-state index contributed by atoms with van der Waals surface area (Å²) >= 11 is 1.67. The Labute approximate surface area is 115 Å². The Morgan fingerprint density at radius 1 is 1.37 bits per heavy atom. The van der Waals surface area contributed by atoms with E-state index in [1.54, 1.807) is 11.3 Å². The lowest BCUT2D eigenvalue weighted by molar-refractivity contribution is 0.652. The third-order valence-electron chi connectivity index (χ3n) is 3.18. The average Bonchev–Trinajstić information content (AvgIpc) is 3.03. The van der Waals surface area contributed by atoms with Crippen molar-refractivity contribution in [2.24, 2.45) is 7.05 Å². The Kier molecular flexibility index (Phi) is 3.35. The molecule has 0 spiro atoms. The molecule has 3 rings (SSSR count). The Morgan fingerprint density at radius 3 is 3.05 bits per heavy atom. The Balaban J connectivity index is 1.57. The van der Waals surface area contributed by atoms with Gasteiger partial charge in [-0.05, 0) is 13.0 Å². The van der Waals surface area contributed by atoms with Gasteiger partial charge in [0.2, 0.25) is 0 Å². The van der Waals surface area contributed by atoms with E-state index in [0.29, 0.717) is 0 Å². The van der Waals surface area contributed by atoms with Crippen LogP contribution in [0.1, 0.15) is 17.1 Å². The molecule has 6 heteroatoms. The zero-order valence-electron chi connectivity index (χ0n) is 11.1. The van der Waals surface area contributed by atoms with Crippen LogP contribution in [0, 0.1) is 6.92 Å². The summed E-state index contributed by atoms with van der Waals surface area (Å²) in [6, 6.07) is 2.06. The SMILES string of the molecule is Cc1nc2sccn2c1CNCCc1ccn(C)n1. The van der Waals surface area contributed by atoms with Crippen molar-refractivity contribution in [3.8, 4) is 0 Å². The molecular formula is C13H17N5S. The highest BCUT2D eigenvalue weighted by Gasteiger charge is 2.08. The lowest BCUT2D eigenvalue weighted by Crippen LogP contribution is -2.18. The quantitative estimate of drug-likeness (QED) is 0.722. The molecule has 1 N–H and O–H groups in total. The van der Waals surface area contributed by atoms with Crippen LogP contribution in [0.25, 0.3) is 4.96 Å². The van der Waals surface area contributed by atoms with Crippen LogP contribution in [0.4, 0.5) is 0 Å². The van der Waals surface area contributed by atoms with E-state index in [9.17, 15) is 0 Å². The number of imidazole rings is 1. The Hall–Kier alpha value is -1.66. The van der Waals surface area contributed by atoms with Gasteiger partial charge in [0.25, 0.3) is 0 Å². The van der Waals surface area contributed by atoms with Gasteiger partial charge in [-0.1, -0.05) is 0 Å². The summed E-state index contributed by atoms with van der Waals surface area (Å²) in [7, 11) is 1.94. The zero-order chi connectivity index (χ0) is 13.2. The largest absolute Gasteiger partial charge is 0.311 e. The average molecular weight is 275 g/mol. The molecule has 0 aliphatic heterocycles.